The largest absolute Gasteiger partial charge is 0.465 e. The van der Waals surface area contributed by atoms with Gasteiger partial charge in [0.15, 0.2) is 0 Å². The van der Waals surface area contributed by atoms with Gasteiger partial charge in [-0.25, -0.2) is 9.59 Å². The number of aliphatic hydroxyl groups excluding tert-OH is 1. The molecule has 1 unspecified atom stereocenters. The summed E-state index contributed by atoms with van der Waals surface area (Å²) >= 11 is 3.28. The van der Waals surface area contributed by atoms with E-state index in [2.05, 4.69) is 20.7 Å². The summed E-state index contributed by atoms with van der Waals surface area (Å²) in [6, 6.07) is 8.13. The number of carbonyl (C=O) groups is 1. The second kappa shape index (κ2) is 6.02. The topological polar surface area (TPSA) is 76.7 Å². The zero-order chi connectivity index (χ0) is 14.7. The molecule has 0 fully saturated rings. The minimum atomic E-state index is -1.19. The van der Waals surface area contributed by atoms with Crippen LogP contribution < -0.4 is 5.63 Å². The molecule has 1 aromatic carbocycles. The summed E-state index contributed by atoms with van der Waals surface area (Å²) in [5, 5.41) is 10.2. The van der Waals surface area contributed by atoms with Crippen LogP contribution in [0.4, 0.5) is 0 Å². The molecule has 104 valence electrons. The third kappa shape index (κ3) is 2.97. The molecule has 0 aliphatic heterocycles. The van der Waals surface area contributed by atoms with Crippen LogP contribution >= 0.6 is 15.9 Å². The van der Waals surface area contributed by atoms with Gasteiger partial charge in [0.2, 0.25) is 0 Å². The zero-order valence-corrected chi connectivity index (χ0v) is 12.1. The second-order valence-electron chi connectivity index (χ2n) is 4.03. The van der Waals surface area contributed by atoms with Gasteiger partial charge in [-0.15, -0.1) is 0 Å². The molecule has 20 heavy (non-hydrogen) atoms. The van der Waals surface area contributed by atoms with Crippen molar-refractivity contribution < 1.29 is 19.1 Å². The van der Waals surface area contributed by atoms with Crippen molar-refractivity contribution >= 4 is 21.9 Å². The van der Waals surface area contributed by atoms with E-state index in [0.29, 0.717) is 5.56 Å². The van der Waals surface area contributed by atoms with Crippen molar-refractivity contribution in [3.63, 3.8) is 0 Å². The number of ether oxygens (including phenoxy) is 1. The van der Waals surface area contributed by atoms with Crippen molar-refractivity contribution in [3.05, 3.63) is 68.2 Å². The summed E-state index contributed by atoms with van der Waals surface area (Å²) in [4.78, 5) is 23.1. The number of aliphatic hydroxyl groups is 1. The Balaban J connectivity index is 2.46. The fourth-order valence-electron chi connectivity index (χ4n) is 1.72. The fourth-order valence-corrected chi connectivity index (χ4v) is 2.13. The van der Waals surface area contributed by atoms with E-state index < -0.39 is 17.7 Å². The van der Waals surface area contributed by atoms with E-state index >= 15 is 0 Å². The number of methoxy groups -OCH3 is 1. The minimum absolute atomic E-state index is 0.0222. The molecule has 2 rings (SSSR count). The first-order valence-corrected chi connectivity index (χ1v) is 6.47. The molecule has 2 aromatic rings. The first-order chi connectivity index (χ1) is 9.52. The number of esters is 1. The molecular weight excluding hydrogens is 328 g/mol. The standard InChI is InChI=1S/C14H11BrO5/c1-19-13(17)9-6-11(14(18)20-7-9)12(16)8-3-2-4-10(15)5-8/h2-7,12,16H,1H3. The van der Waals surface area contributed by atoms with E-state index in [1.807, 2.05) is 0 Å². The molecule has 0 bridgehead atoms. The van der Waals surface area contributed by atoms with Gasteiger partial charge in [-0.3, -0.25) is 0 Å². The Labute approximate surface area is 122 Å². The molecule has 0 aliphatic carbocycles. The smallest absolute Gasteiger partial charge is 0.341 e. The molecule has 6 heteroatoms. The maximum absolute atomic E-state index is 11.7. The highest BCUT2D eigenvalue weighted by molar-refractivity contribution is 9.10. The quantitative estimate of drug-likeness (QED) is 0.868. The van der Waals surface area contributed by atoms with Gasteiger partial charge in [0.05, 0.1) is 18.2 Å². The number of carbonyl (C=O) groups excluding carboxylic acids is 1. The molecule has 0 spiro atoms. The summed E-state index contributed by atoms with van der Waals surface area (Å²) in [5.74, 6) is -0.642. The van der Waals surface area contributed by atoms with Gasteiger partial charge in [0, 0.05) is 4.47 Å². The highest BCUT2D eigenvalue weighted by Gasteiger charge is 2.18. The first-order valence-electron chi connectivity index (χ1n) is 5.67. The summed E-state index contributed by atoms with van der Waals surface area (Å²) < 4.78 is 10.1. The van der Waals surface area contributed by atoms with Crippen LogP contribution in [0, 0.1) is 0 Å². The zero-order valence-electron chi connectivity index (χ0n) is 10.5. The molecule has 1 heterocycles. The van der Waals surface area contributed by atoms with Crippen LogP contribution in [0.25, 0.3) is 0 Å². The fraction of sp³-hybridized carbons (Fsp3) is 0.143. The minimum Gasteiger partial charge on any atom is -0.465 e. The van der Waals surface area contributed by atoms with Gasteiger partial charge in [0.1, 0.15) is 12.4 Å². The molecule has 0 saturated carbocycles. The third-order valence-corrected chi connectivity index (χ3v) is 3.21. The van der Waals surface area contributed by atoms with Crippen LogP contribution in [0.3, 0.4) is 0 Å². The molecule has 0 aliphatic rings. The van der Waals surface area contributed by atoms with Crippen molar-refractivity contribution in [2.45, 2.75) is 6.10 Å². The van der Waals surface area contributed by atoms with Crippen LogP contribution in [0.15, 0.2) is 50.3 Å². The lowest BCUT2D eigenvalue weighted by Gasteiger charge is -2.11. The highest BCUT2D eigenvalue weighted by Crippen LogP contribution is 2.23. The van der Waals surface area contributed by atoms with Gasteiger partial charge < -0.3 is 14.3 Å². The van der Waals surface area contributed by atoms with Gasteiger partial charge in [-0.05, 0) is 23.8 Å². The van der Waals surface area contributed by atoms with E-state index in [1.165, 1.54) is 13.2 Å². The van der Waals surface area contributed by atoms with Crippen LogP contribution in [0.1, 0.15) is 27.6 Å². The van der Waals surface area contributed by atoms with Crippen molar-refractivity contribution in [2.75, 3.05) is 7.11 Å². The second-order valence-corrected chi connectivity index (χ2v) is 4.94. The molecule has 0 saturated heterocycles. The molecule has 5 nitrogen and oxygen atoms in total. The average Bonchev–Trinajstić information content (AvgIpc) is 2.46. The Kier molecular flexibility index (Phi) is 4.36. The maximum atomic E-state index is 11.7. The Morgan fingerprint density at radius 3 is 2.80 bits per heavy atom. The average molecular weight is 339 g/mol. The van der Waals surface area contributed by atoms with Crippen LogP contribution in [-0.4, -0.2) is 18.2 Å². The van der Waals surface area contributed by atoms with Crippen molar-refractivity contribution in [1.29, 1.82) is 0 Å². The normalized spacial score (nSPS) is 11.9. The molecule has 1 atom stereocenters. The summed E-state index contributed by atoms with van der Waals surface area (Å²) in [6.45, 7) is 0. The van der Waals surface area contributed by atoms with Gasteiger partial charge in [0.25, 0.3) is 0 Å². The third-order valence-electron chi connectivity index (χ3n) is 2.72. The molecule has 0 amide bonds. The lowest BCUT2D eigenvalue weighted by Crippen LogP contribution is -2.15. The predicted octanol–water partition coefficient (Wildman–Crippen LogP) is 2.27. The number of benzene rings is 1. The van der Waals surface area contributed by atoms with E-state index in [9.17, 15) is 14.7 Å². The van der Waals surface area contributed by atoms with E-state index in [0.717, 1.165) is 10.7 Å². The highest BCUT2D eigenvalue weighted by atomic mass is 79.9. The SMILES string of the molecule is COC(=O)c1coc(=O)c(C(O)c2cccc(Br)c2)c1. The Morgan fingerprint density at radius 2 is 2.15 bits per heavy atom. The number of hydrogen-bond donors (Lipinski definition) is 1. The van der Waals surface area contributed by atoms with Crippen molar-refractivity contribution in [2.24, 2.45) is 0 Å². The Hall–Kier alpha value is -1.92. The predicted molar refractivity (Wildman–Crippen MR) is 74.5 cm³/mol. The van der Waals surface area contributed by atoms with Crippen LogP contribution in [0.2, 0.25) is 0 Å². The number of rotatable bonds is 3. The first kappa shape index (κ1) is 14.5. The van der Waals surface area contributed by atoms with Crippen molar-refractivity contribution in [3.8, 4) is 0 Å². The molecule has 1 aromatic heterocycles. The molecule has 0 radical (unpaired) electrons. The summed E-state index contributed by atoms with van der Waals surface area (Å²) in [6.07, 6.45) is -0.181. The van der Waals surface area contributed by atoms with Gasteiger partial charge in [-0.2, -0.15) is 0 Å². The number of hydrogen-bond acceptors (Lipinski definition) is 5. The summed E-state index contributed by atoms with van der Waals surface area (Å²) in [5.41, 5.74) is -0.152. The van der Waals surface area contributed by atoms with Gasteiger partial charge >= 0.3 is 11.6 Å². The maximum Gasteiger partial charge on any atom is 0.341 e. The van der Waals surface area contributed by atoms with Crippen LogP contribution in [0.5, 0.6) is 0 Å². The van der Waals surface area contributed by atoms with E-state index in [-0.39, 0.29) is 11.1 Å². The van der Waals surface area contributed by atoms with Gasteiger partial charge in [-0.1, -0.05) is 28.1 Å². The molecule has 1 N–H and O–H groups in total. The van der Waals surface area contributed by atoms with Crippen molar-refractivity contribution in [1.82, 2.24) is 0 Å². The monoisotopic (exact) mass is 338 g/mol. The van der Waals surface area contributed by atoms with Crippen LogP contribution in [-0.2, 0) is 4.74 Å². The molecular formula is C14H11BrO5. The lowest BCUT2D eigenvalue weighted by molar-refractivity contribution is 0.0597. The lowest BCUT2D eigenvalue weighted by atomic mass is 10.0. The summed E-state index contributed by atoms with van der Waals surface area (Å²) in [7, 11) is 1.22. The Morgan fingerprint density at radius 1 is 1.40 bits per heavy atom. The number of halogens is 1. The van der Waals surface area contributed by atoms with E-state index in [4.69, 9.17) is 4.42 Å². The Bertz CT molecular complexity index is 692. The van der Waals surface area contributed by atoms with E-state index in [1.54, 1.807) is 24.3 Å².